The standard InChI is InChI=1S/C20H22N2O2S/c1-3-24-12-11-22-17-9-4-5-10-18(17)25-20(22)21-19(23)14-16-8-6-7-15(2)13-16/h4-10,13H,3,11-12,14H2,1-2H3. The summed E-state index contributed by atoms with van der Waals surface area (Å²) >= 11 is 1.54. The van der Waals surface area contributed by atoms with Crippen LogP contribution in [0.4, 0.5) is 0 Å². The van der Waals surface area contributed by atoms with Crippen molar-refractivity contribution in [3.05, 3.63) is 64.5 Å². The van der Waals surface area contributed by atoms with Crippen LogP contribution in [0.1, 0.15) is 18.1 Å². The third-order valence-electron chi connectivity index (χ3n) is 3.91. The highest BCUT2D eigenvalue weighted by Gasteiger charge is 2.08. The number of ether oxygens (including phenoxy) is 1. The molecule has 0 atom stereocenters. The second-order valence-electron chi connectivity index (χ2n) is 5.87. The Morgan fingerprint density at radius 2 is 2.04 bits per heavy atom. The Hall–Kier alpha value is -2.24. The van der Waals surface area contributed by atoms with E-state index in [1.54, 1.807) is 11.3 Å². The van der Waals surface area contributed by atoms with Gasteiger partial charge in [-0.15, -0.1) is 0 Å². The molecule has 0 bridgehead atoms. The highest BCUT2D eigenvalue weighted by molar-refractivity contribution is 7.16. The van der Waals surface area contributed by atoms with Crippen LogP contribution in [0.25, 0.3) is 10.2 Å². The predicted molar refractivity (Wildman–Crippen MR) is 102 cm³/mol. The van der Waals surface area contributed by atoms with Crippen LogP contribution in [-0.4, -0.2) is 23.7 Å². The normalized spacial score (nSPS) is 12.0. The number of thiazole rings is 1. The first kappa shape index (κ1) is 17.6. The van der Waals surface area contributed by atoms with Gasteiger partial charge >= 0.3 is 0 Å². The van der Waals surface area contributed by atoms with Gasteiger partial charge in [-0.25, -0.2) is 0 Å². The molecule has 3 rings (SSSR count). The van der Waals surface area contributed by atoms with Gasteiger partial charge in [0.15, 0.2) is 4.80 Å². The van der Waals surface area contributed by atoms with Gasteiger partial charge in [-0.3, -0.25) is 4.79 Å². The Balaban J connectivity index is 1.91. The molecule has 1 heterocycles. The number of carbonyl (C=O) groups excluding carboxylic acids is 1. The molecular weight excluding hydrogens is 332 g/mol. The average molecular weight is 354 g/mol. The number of nitrogens with zero attached hydrogens (tertiary/aromatic N) is 2. The van der Waals surface area contributed by atoms with Gasteiger partial charge in [-0.2, -0.15) is 4.99 Å². The first-order chi connectivity index (χ1) is 12.2. The van der Waals surface area contributed by atoms with Gasteiger partial charge in [0.2, 0.25) is 0 Å². The fourth-order valence-electron chi connectivity index (χ4n) is 2.77. The minimum atomic E-state index is -0.123. The average Bonchev–Trinajstić information content (AvgIpc) is 2.92. The monoisotopic (exact) mass is 354 g/mol. The molecule has 25 heavy (non-hydrogen) atoms. The van der Waals surface area contributed by atoms with Crippen LogP contribution in [0.5, 0.6) is 0 Å². The number of aromatic nitrogens is 1. The van der Waals surface area contributed by atoms with Crippen molar-refractivity contribution < 1.29 is 9.53 Å². The van der Waals surface area contributed by atoms with Gasteiger partial charge < -0.3 is 9.30 Å². The van der Waals surface area contributed by atoms with E-state index in [0.29, 0.717) is 26.2 Å². The summed E-state index contributed by atoms with van der Waals surface area (Å²) in [4.78, 5) is 17.6. The first-order valence-electron chi connectivity index (χ1n) is 8.46. The second kappa shape index (κ2) is 8.23. The van der Waals surface area contributed by atoms with E-state index in [1.807, 2.05) is 50.2 Å². The van der Waals surface area contributed by atoms with Crippen molar-refractivity contribution in [3.8, 4) is 0 Å². The molecule has 0 N–H and O–H groups in total. The lowest BCUT2D eigenvalue weighted by molar-refractivity contribution is -0.117. The summed E-state index contributed by atoms with van der Waals surface area (Å²) in [5.41, 5.74) is 3.24. The molecule has 130 valence electrons. The molecule has 0 fully saturated rings. The van der Waals surface area contributed by atoms with Crippen LogP contribution in [0.3, 0.4) is 0 Å². The largest absolute Gasteiger partial charge is 0.380 e. The fraction of sp³-hybridized carbons (Fsp3) is 0.300. The van der Waals surface area contributed by atoms with Crippen molar-refractivity contribution >= 4 is 27.5 Å². The number of amides is 1. The van der Waals surface area contributed by atoms with Crippen molar-refractivity contribution in [2.75, 3.05) is 13.2 Å². The van der Waals surface area contributed by atoms with Crippen LogP contribution < -0.4 is 4.80 Å². The Morgan fingerprint density at radius 1 is 1.20 bits per heavy atom. The van der Waals surface area contributed by atoms with Gasteiger partial charge in [0.05, 0.1) is 23.2 Å². The van der Waals surface area contributed by atoms with Crippen LogP contribution in [-0.2, 0) is 22.5 Å². The molecular formula is C20H22N2O2S. The van der Waals surface area contributed by atoms with Gasteiger partial charge in [0.1, 0.15) is 0 Å². The van der Waals surface area contributed by atoms with Crippen LogP contribution >= 0.6 is 11.3 Å². The molecule has 1 amide bonds. The number of hydrogen-bond donors (Lipinski definition) is 0. The lowest BCUT2D eigenvalue weighted by atomic mass is 10.1. The number of carbonyl (C=O) groups is 1. The molecule has 0 spiro atoms. The smallest absolute Gasteiger partial charge is 0.252 e. The van der Waals surface area contributed by atoms with E-state index in [2.05, 4.69) is 21.7 Å². The maximum atomic E-state index is 12.4. The van der Waals surface area contributed by atoms with Crippen molar-refractivity contribution in [1.82, 2.24) is 4.57 Å². The molecule has 4 nitrogen and oxygen atoms in total. The quantitative estimate of drug-likeness (QED) is 0.633. The molecule has 5 heteroatoms. The summed E-state index contributed by atoms with van der Waals surface area (Å²) in [6, 6.07) is 16.1. The van der Waals surface area contributed by atoms with Crippen LogP contribution in [0.2, 0.25) is 0 Å². The lowest BCUT2D eigenvalue weighted by Crippen LogP contribution is -2.20. The van der Waals surface area contributed by atoms with E-state index in [1.165, 1.54) is 0 Å². The van der Waals surface area contributed by atoms with Crippen molar-refractivity contribution in [2.45, 2.75) is 26.8 Å². The zero-order valence-electron chi connectivity index (χ0n) is 14.6. The van der Waals surface area contributed by atoms with E-state index in [-0.39, 0.29) is 5.91 Å². The van der Waals surface area contributed by atoms with Crippen LogP contribution in [0, 0.1) is 6.92 Å². The molecule has 0 radical (unpaired) electrons. The highest BCUT2D eigenvalue weighted by atomic mass is 32.1. The Bertz CT molecular complexity index is 940. The summed E-state index contributed by atoms with van der Waals surface area (Å²) in [5.74, 6) is -0.123. The van der Waals surface area contributed by atoms with Gasteiger partial charge in [-0.1, -0.05) is 53.3 Å². The maximum Gasteiger partial charge on any atom is 0.252 e. The van der Waals surface area contributed by atoms with Crippen molar-refractivity contribution in [1.29, 1.82) is 0 Å². The summed E-state index contributed by atoms with van der Waals surface area (Å²) in [5, 5.41) is 0. The molecule has 0 saturated carbocycles. The van der Waals surface area contributed by atoms with Gasteiger partial charge in [0.25, 0.3) is 5.91 Å². The summed E-state index contributed by atoms with van der Waals surface area (Å²) in [6.07, 6.45) is 0.321. The Morgan fingerprint density at radius 3 is 2.84 bits per heavy atom. The maximum absolute atomic E-state index is 12.4. The minimum absolute atomic E-state index is 0.123. The molecule has 3 aromatic rings. The summed E-state index contributed by atoms with van der Waals surface area (Å²) in [7, 11) is 0. The number of para-hydroxylation sites is 1. The number of benzene rings is 2. The van der Waals surface area contributed by atoms with E-state index in [9.17, 15) is 4.79 Å². The SMILES string of the molecule is CCOCCn1c(=NC(=O)Cc2cccc(C)c2)sc2ccccc21. The summed E-state index contributed by atoms with van der Waals surface area (Å²) in [6.45, 7) is 5.98. The molecule has 0 aliphatic carbocycles. The van der Waals surface area contributed by atoms with E-state index in [4.69, 9.17) is 4.74 Å². The van der Waals surface area contributed by atoms with Crippen molar-refractivity contribution in [2.24, 2.45) is 4.99 Å². The van der Waals surface area contributed by atoms with E-state index < -0.39 is 0 Å². The van der Waals surface area contributed by atoms with Crippen molar-refractivity contribution in [3.63, 3.8) is 0 Å². The minimum Gasteiger partial charge on any atom is -0.380 e. The summed E-state index contributed by atoms with van der Waals surface area (Å²) < 4.78 is 8.68. The lowest BCUT2D eigenvalue weighted by Gasteiger charge is -2.05. The fourth-order valence-corrected chi connectivity index (χ4v) is 3.84. The second-order valence-corrected chi connectivity index (χ2v) is 6.88. The predicted octanol–water partition coefficient (Wildman–Crippen LogP) is 3.72. The highest BCUT2D eigenvalue weighted by Crippen LogP contribution is 2.16. The Kier molecular flexibility index (Phi) is 5.79. The molecule has 2 aromatic carbocycles. The van der Waals surface area contributed by atoms with E-state index in [0.717, 1.165) is 26.1 Å². The molecule has 1 aromatic heterocycles. The molecule has 0 saturated heterocycles. The number of aryl methyl sites for hydroxylation is 1. The number of fused-ring (bicyclic) bond motifs is 1. The van der Waals surface area contributed by atoms with Crippen LogP contribution in [0.15, 0.2) is 53.5 Å². The molecule has 0 unspecified atom stereocenters. The third-order valence-corrected chi connectivity index (χ3v) is 4.97. The zero-order valence-corrected chi connectivity index (χ0v) is 15.4. The molecule has 0 aliphatic rings. The number of rotatable bonds is 6. The third kappa shape index (κ3) is 4.44. The van der Waals surface area contributed by atoms with Gasteiger partial charge in [-0.05, 0) is 31.5 Å². The first-order valence-corrected chi connectivity index (χ1v) is 9.28. The Labute approximate surface area is 151 Å². The van der Waals surface area contributed by atoms with Gasteiger partial charge in [0, 0.05) is 13.2 Å². The number of hydrogen-bond acceptors (Lipinski definition) is 3. The zero-order chi connectivity index (χ0) is 17.6. The topological polar surface area (TPSA) is 43.6 Å². The van der Waals surface area contributed by atoms with E-state index >= 15 is 0 Å². The molecule has 0 aliphatic heterocycles.